The molecule has 0 aromatic carbocycles. The molecule has 13 heavy (non-hydrogen) atoms. The summed E-state index contributed by atoms with van der Waals surface area (Å²) in [7, 11) is 0. The van der Waals surface area contributed by atoms with E-state index in [1.54, 1.807) is 0 Å². The molecule has 1 atom stereocenters. The molecule has 1 N–H and O–H groups in total. The van der Waals surface area contributed by atoms with Crippen LogP contribution in [-0.2, 0) is 0 Å². The second kappa shape index (κ2) is 3.97. The van der Waals surface area contributed by atoms with Gasteiger partial charge in [-0.3, -0.25) is 4.90 Å². The van der Waals surface area contributed by atoms with Crippen molar-refractivity contribution >= 4 is 0 Å². The van der Waals surface area contributed by atoms with Crippen LogP contribution in [0.2, 0.25) is 0 Å². The van der Waals surface area contributed by atoms with E-state index >= 15 is 0 Å². The van der Waals surface area contributed by atoms with Gasteiger partial charge in [-0.1, -0.05) is 6.42 Å². The summed E-state index contributed by atoms with van der Waals surface area (Å²) in [5, 5.41) is 0. The number of hydrogen-bond acceptors (Lipinski definition) is 1. The Morgan fingerprint density at radius 2 is 2.08 bits per heavy atom. The van der Waals surface area contributed by atoms with E-state index in [1.807, 2.05) is 6.20 Å². The molecule has 0 saturated carbocycles. The summed E-state index contributed by atoms with van der Waals surface area (Å²) in [5.41, 5.74) is 1.42. The predicted molar refractivity (Wildman–Crippen MR) is 54.6 cm³/mol. The standard InChI is InChI=1S/C11H18N2/c1-10(11-5-6-12-9-11)13-7-3-2-4-8-13/h5-6,9-10,12H,2-4,7-8H2,1H3. The van der Waals surface area contributed by atoms with Gasteiger partial charge in [0.15, 0.2) is 0 Å². The minimum atomic E-state index is 0.589. The number of piperidine rings is 1. The lowest BCUT2D eigenvalue weighted by Crippen LogP contribution is -2.32. The summed E-state index contributed by atoms with van der Waals surface area (Å²) >= 11 is 0. The molecule has 0 spiro atoms. The molecular weight excluding hydrogens is 160 g/mol. The molecular formula is C11H18N2. The Hall–Kier alpha value is -0.760. The zero-order valence-electron chi connectivity index (χ0n) is 8.29. The number of nitrogens with zero attached hydrogens (tertiary/aromatic N) is 1. The van der Waals surface area contributed by atoms with Crippen LogP contribution in [0.1, 0.15) is 37.8 Å². The smallest absolute Gasteiger partial charge is 0.0334 e. The number of aromatic amines is 1. The van der Waals surface area contributed by atoms with Gasteiger partial charge in [0.25, 0.3) is 0 Å². The van der Waals surface area contributed by atoms with Crippen LogP contribution in [0, 0.1) is 0 Å². The molecule has 1 aromatic rings. The van der Waals surface area contributed by atoms with Crippen LogP contribution >= 0.6 is 0 Å². The first-order valence-electron chi connectivity index (χ1n) is 5.24. The summed E-state index contributed by atoms with van der Waals surface area (Å²) in [6, 6.07) is 2.77. The quantitative estimate of drug-likeness (QED) is 0.737. The van der Waals surface area contributed by atoms with Gasteiger partial charge in [0.2, 0.25) is 0 Å². The highest BCUT2D eigenvalue weighted by atomic mass is 15.2. The number of likely N-dealkylation sites (tertiary alicyclic amines) is 1. The number of hydrogen-bond donors (Lipinski definition) is 1. The second-order valence-corrected chi connectivity index (χ2v) is 3.92. The zero-order chi connectivity index (χ0) is 9.10. The highest BCUT2D eigenvalue weighted by Gasteiger charge is 2.17. The number of H-pyrrole nitrogens is 1. The van der Waals surface area contributed by atoms with E-state index in [1.165, 1.54) is 37.9 Å². The van der Waals surface area contributed by atoms with Crippen molar-refractivity contribution in [2.75, 3.05) is 13.1 Å². The Kier molecular flexibility index (Phi) is 2.69. The van der Waals surface area contributed by atoms with Crippen molar-refractivity contribution in [2.24, 2.45) is 0 Å². The lowest BCUT2D eigenvalue weighted by atomic mass is 10.1. The van der Waals surface area contributed by atoms with Gasteiger partial charge in [-0.15, -0.1) is 0 Å². The molecule has 2 rings (SSSR count). The lowest BCUT2D eigenvalue weighted by molar-refractivity contribution is 0.175. The molecule has 2 nitrogen and oxygen atoms in total. The van der Waals surface area contributed by atoms with E-state index in [9.17, 15) is 0 Å². The van der Waals surface area contributed by atoms with Gasteiger partial charge in [-0.2, -0.15) is 0 Å². The Labute approximate surface area is 79.9 Å². The van der Waals surface area contributed by atoms with Gasteiger partial charge >= 0.3 is 0 Å². The largest absolute Gasteiger partial charge is 0.367 e. The summed E-state index contributed by atoms with van der Waals surface area (Å²) < 4.78 is 0. The van der Waals surface area contributed by atoms with Crippen LogP contribution in [-0.4, -0.2) is 23.0 Å². The Balaban J connectivity index is 1.99. The monoisotopic (exact) mass is 178 g/mol. The van der Waals surface area contributed by atoms with E-state index in [-0.39, 0.29) is 0 Å². The van der Waals surface area contributed by atoms with E-state index in [2.05, 4.69) is 29.1 Å². The first-order valence-corrected chi connectivity index (χ1v) is 5.24. The zero-order valence-corrected chi connectivity index (χ0v) is 8.29. The van der Waals surface area contributed by atoms with Crippen molar-refractivity contribution < 1.29 is 0 Å². The summed E-state index contributed by atoms with van der Waals surface area (Å²) in [6.45, 7) is 4.84. The van der Waals surface area contributed by atoms with Crippen LogP contribution in [0.15, 0.2) is 18.5 Å². The van der Waals surface area contributed by atoms with Crippen molar-refractivity contribution in [1.29, 1.82) is 0 Å². The topological polar surface area (TPSA) is 19.0 Å². The third-order valence-electron chi connectivity index (χ3n) is 3.04. The molecule has 72 valence electrons. The van der Waals surface area contributed by atoms with Crippen molar-refractivity contribution in [3.8, 4) is 0 Å². The van der Waals surface area contributed by atoms with Crippen LogP contribution in [0.3, 0.4) is 0 Å². The fourth-order valence-corrected chi connectivity index (χ4v) is 2.11. The first-order chi connectivity index (χ1) is 6.38. The third kappa shape index (κ3) is 1.94. The SMILES string of the molecule is CC(c1cc[nH]c1)N1CCCCC1. The summed E-state index contributed by atoms with van der Waals surface area (Å²) in [4.78, 5) is 5.70. The molecule has 1 saturated heterocycles. The summed E-state index contributed by atoms with van der Waals surface area (Å²) in [6.07, 6.45) is 8.27. The number of rotatable bonds is 2. The molecule has 2 heteroatoms. The molecule has 0 amide bonds. The highest BCUT2D eigenvalue weighted by Crippen LogP contribution is 2.23. The van der Waals surface area contributed by atoms with E-state index in [4.69, 9.17) is 0 Å². The average Bonchev–Trinajstić information content (AvgIpc) is 2.71. The van der Waals surface area contributed by atoms with Crippen LogP contribution < -0.4 is 0 Å². The van der Waals surface area contributed by atoms with Gasteiger partial charge in [0, 0.05) is 18.4 Å². The molecule has 1 fully saturated rings. The molecule has 0 radical (unpaired) electrons. The Bertz CT molecular complexity index is 235. The van der Waals surface area contributed by atoms with Crippen molar-refractivity contribution in [2.45, 2.75) is 32.2 Å². The van der Waals surface area contributed by atoms with E-state index in [0.29, 0.717) is 6.04 Å². The molecule has 1 aromatic heterocycles. The van der Waals surface area contributed by atoms with Crippen LogP contribution in [0.5, 0.6) is 0 Å². The predicted octanol–water partition coefficient (Wildman–Crippen LogP) is 2.56. The molecule has 1 aliphatic rings. The van der Waals surface area contributed by atoms with Gasteiger partial charge in [0.05, 0.1) is 0 Å². The van der Waals surface area contributed by atoms with Gasteiger partial charge in [-0.25, -0.2) is 0 Å². The normalized spacial score (nSPS) is 21.6. The van der Waals surface area contributed by atoms with Crippen LogP contribution in [0.4, 0.5) is 0 Å². The molecule has 0 bridgehead atoms. The average molecular weight is 178 g/mol. The van der Waals surface area contributed by atoms with Gasteiger partial charge < -0.3 is 4.98 Å². The second-order valence-electron chi connectivity index (χ2n) is 3.92. The Morgan fingerprint density at radius 1 is 1.31 bits per heavy atom. The molecule has 1 aliphatic heterocycles. The third-order valence-corrected chi connectivity index (χ3v) is 3.04. The minimum absolute atomic E-state index is 0.589. The molecule has 0 aliphatic carbocycles. The van der Waals surface area contributed by atoms with E-state index in [0.717, 1.165) is 0 Å². The maximum atomic E-state index is 3.12. The first kappa shape index (κ1) is 8.82. The number of nitrogens with one attached hydrogen (secondary N) is 1. The lowest BCUT2D eigenvalue weighted by Gasteiger charge is -2.31. The maximum Gasteiger partial charge on any atom is 0.0334 e. The maximum absolute atomic E-state index is 3.12. The van der Waals surface area contributed by atoms with E-state index < -0.39 is 0 Å². The van der Waals surface area contributed by atoms with Gasteiger partial charge in [0.1, 0.15) is 0 Å². The highest BCUT2D eigenvalue weighted by molar-refractivity contribution is 5.13. The molecule has 2 heterocycles. The van der Waals surface area contributed by atoms with Crippen LogP contribution in [0.25, 0.3) is 0 Å². The summed E-state index contributed by atoms with van der Waals surface area (Å²) in [5.74, 6) is 0. The van der Waals surface area contributed by atoms with Crippen molar-refractivity contribution in [1.82, 2.24) is 9.88 Å². The Morgan fingerprint density at radius 3 is 2.69 bits per heavy atom. The van der Waals surface area contributed by atoms with Gasteiger partial charge in [-0.05, 0) is 44.5 Å². The number of aromatic nitrogens is 1. The minimum Gasteiger partial charge on any atom is -0.367 e. The fourth-order valence-electron chi connectivity index (χ4n) is 2.11. The van der Waals surface area contributed by atoms with Crippen molar-refractivity contribution in [3.63, 3.8) is 0 Å². The fraction of sp³-hybridized carbons (Fsp3) is 0.636. The molecule has 1 unspecified atom stereocenters. The van der Waals surface area contributed by atoms with Crippen molar-refractivity contribution in [3.05, 3.63) is 24.0 Å².